The minimum Gasteiger partial charge on any atom is -0.457 e. The van der Waals surface area contributed by atoms with Gasteiger partial charge in [-0.25, -0.2) is 19.6 Å². The third-order valence-corrected chi connectivity index (χ3v) is 8.94. The van der Waals surface area contributed by atoms with Gasteiger partial charge in [0.15, 0.2) is 5.65 Å². The maximum absolute atomic E-state index is 12.8. The summed E-state index contributed by atoms with van der Waals surface area (Å²) in [6.07, 6.45) is 7.81. The van der Waals surface area contributed by atoms with E-state index in [0.717, 1.165) is 81.8 Å². The molecule has 1 unspecified atom stereocenters. The summed E-state index contributed by atoms with van der Waals surface area (Å²) in [5.41, 5.74) is 6.61. The molecule has 0 saturated carbocycles. The lowest BCUT2D eigenvalue weighted by Crippen LogP contribution is -2.47. The molecule has 2 saturated heterocycles. The molecule has 210 valence electrons. The van der Waals surface area contributed by atoms with Gasteiger partial charge in [0.1, 0.15) is 23.5 Å². The minimum absolute atomic E-state index is 0.184. The molecule has 41 heavy (non-hydrogen) atoms. The van der Waals surface area contributed by atoms with Crippen molar-refractivity contribution in [2.24, 2.45) is 7.05 Å². The topological polar surface area (TPSA) is 91.0 Å². The van der Waals surface area contributed by atoms with Crippen LogP contribution < -0.4 is 4.74 Å². The SMILES string of the molecule is Cc1cc(-c2nn(C3C[C@H]4CC[C@@H](C3)N4C(=O)CCS)c3ncnc(C)c23)ccc1Oc1ccc2c(c1)ncn2C. The molecule has 0 N–H and O–H groups in total. The van der Waals surface area contributed by atoms with Crippen molar-refractivity contribution in [3.63, 3.8) is 0 Å². The van der Waals surface area contributed by atoms with Crippen LogP contribution in [0.4, 0.5) is 0 Å². The summed E-state index contributed by atoms with van der Waals surface area (Å²) in [5.74, 6) is 2.35. The van der Waals surface area contributed by atoms with Gasteiger partial charge in [0, 0.05) is 37.2 Å². The zero-order chi connectivity index (χ0) is 28.2. The molecule has 2 fully saturated rings. The molecule has 0 radical (unpaired) electrons. The number of imidazole rings is 1. The maximum atomic E-state index is 12.8. The number of amides is 1. The Morgan fingerprint density at radius 3 is 2.59 bits per heavy atom. The number of ether oxygens (including phenoxy) is 1. The number of carbonyl (C=O) groups is 1. The van der Waals surface area contributed by atoms with Gasteiger partial charge in [-0.3, -0.25) is 4.79 Å². The first-order valence-electron chi connectivity index (χ1n) is 14.2. The molecule has 2 aliphatic rings. The lowest BCUT2D eigenvalue weighted by molar-refractivity contribution is -0.135. The van der Waals surface area contributed by atoms with Crippen molar-refractivity contribution in [3.8, 4) is 22.8 Å². The van der Waals surface area contributed by atoms with Gasteiger partial charge < -0.3 is 14.2 Å². The molecule has 0 aliphatic carbocycles. The average molecular weight is 568 g/mol. The molecule has 5 heterocycles. The van der Waals surface area contributed by atoms with E-state index in [-0.39, 0.29) is 24.0 Å². The Balaban J connectivity index is 1.20. The number of carbonyl (C=O) groups excluding carboxylic acids is 1. The summed E-state index contributed by atoms with van der Waals surface area (Å²) in [6, 6.07) is 12.8. The molecule has 0 spiro atoms. The van der Waals surface area contributed by atoms with E-state index in [9.17, 15) is 4.79 Å². The van der Waals surface area contributed by atoms with Crippen molar-refractivity contribution in [3.05, 3.63) is 60.3 Å². The third kappa shape index (κ3) is 4.45. The summed E-state index contributed by atoms with van der Waals surface area (Å²) >= 11 is 4.29. The molecule has 2 aromatic carbocycles. The number of fused-ring (bicyclic) bond motifs is 4. The number of hydrogen-bond acceptors (Lipinski definition) is 7. The Morgan fingerprint density at radius 2 is 1.83 bits per heavy atom. The number of benzene rings is 2. The van der Waals surface area contributed by atoms with Crippen LogP contribution in [0.15, 0.2) is 49.1 Å². The number of thiol groups is 1. The first-order chi connectivity index (χ1) is 19.9. The van der Waals surface area contributed by atoms with Crippen LogP contribution in [-0.4, -0.2) is 57.9 Å². The first-order valence-corrected chi connectivity index (χ1v) is 14.9. The van der Waals surface area contributed by atoms with Gasteiger partial charge >= 0.3 is 0 Å². The van der Waals surface area contributed by atoms with Crippen LogP contribution >= 0.6 is 12.6 Å². The van der Waals surface area contributed by atoms with Crippen molar-refractivity contribution in [2.75, 3.05) is 5.75 Å². The van der Waals surface area contributed by atoms with E-state index in [2.05, 4.69) is 51.2 Å². The van der Waals surface area contributed by atoms with E-state index in [4.69, 9.17) is 14.8 Å². The molecule has 2 aliphatic heterocycles. The molecule has 2 bridgehead atoms. The summed E-state index contributed by atoms with van der Waals surface area (Å²) in [5, 5.41) is 6.16. The summed E-state index contributed by atoms with van der Waals surface area (Å²) < 4.78 is 10.4. The van der Waals surface area contributed by atoms with E-state index in [0.29, 0.717) is 12.2 Å². The first kappa shape index (κ1) is 26.0. The molecule has 5 aromatic rings. The van der Waals surface area contributed by atoms with Gasteiger partial charge in [0.05, 0.1) is 34.5 Å². The lowest BCUT2D eigenvalue weighted by Gasteiger charge is -2.39. The summed E-state index contributed by atoms with van der Waals surface area (Å²) in [4.78, 5) is 28.6. The predicted octanol–water partition coefficient (Wildman–Crippen LogP) is 5.80. The number of hydrogen-bond donors (Lipinski definition) is 1. The maximum Gasteiger partial charge on any atom is 0.223 e. The van der Waals surface area contributed by atoms with Crippen LogP contribution in [0.3, 0.4) is 0 Å². The van der Waals surface area contributed by atoms with Gasteiger partial charge in [-0.1, -0.05) is 0 Å². The van der Waals surface area contributed by atoms with Gasteiger partial charge in [0.25, 0.3) is 0 Å². The fourth-order valence-corrected chi connectivity index (χ4v) is 6.96. The molecule has 10 heteroatoms. The van der Waals surface area contributed by atoms with Crippen LogP contribution in [0.25, 0.3) is 33.3 Å². The van der Waals surface area contributed by atoms with Crippen LogP contribution in [-0.2, 0) is 11.8 Å². The highest BCUT2D eigenvalue weighted by Gasteiger charge is 2.44. The Morgan fingerprint density at radius 1 is 1.02 bits per heavy atom. The predicted molar refractivity (Wildman–Crippen MR) is 161 cm³/mol. The van der Waals surface area contributed by atoms with E-state index < -0.39 is 0 Å². The molecule has 1 amide bonds. The molecular weight excluding hydrogens is 534 g/mol. The van der Waals surface area contributed by atoms with Gasteiger partial charge in [-0.05, 0) is 81.2 Å². The third-order valence-electron chi connectivity index (χ3n) is 8.72. The van der Waals surface area contributed by atoms with Crippen molar-refractivity contribution < 1.29 is 9.53 Å². The van der Waals surface area contributed by atoms with Crippen molar-refractivity contribution in [1.29, 1.82) is 0 Å². The highest BCUT2D eigenvalue weighted by Crippen LogP contribution is 2.43. The largest absolute Gasteiger partial charge is 0.457 e. The molecule has 7 rings (SSSR count). The van der Waals surface area contributed by atoms with Crippen molar-refractivity contribution >= 4 is 40.6 Å². The normalized spacial score (nSPS) is 20.3. The smallest absolute Gasteiger partial charge is 0.223 e. The van der Waals surface area contributed by atoms with Crippen molar-refractivity contribution in [2.45, 2.75) is 64.1 Å². The Labute approximate surface area is 244 Å². The lowest BCUT2D eigenvalue weighted by atomic mass is 9.97. The summed E-state index contributed by atoms with van der Waals surface area (Å²) in [7, 11) is 1.98. The number of nitrogens with zero attached hydrogens (tertiary/aromatic N) is 7. The Hall–Kier alpha value is -3.92. The number of aryl methyl sites for hydroxylation is 3. The molecule has 9 nitrogen and oxygen atoms in total. The van der Waals surface area contributed by atoms with Gasteiger partial charge in [0.2, 0.25) is 5.91 Å². The quantitative estimate of drug-likeness (QED) is 0.261. The second-order valence-corrected chi connectivity index (χ2v) is 11.8. The molecular formula is C31H33N7O2S. The van der Waals surface area contributed by atoms with Crippen LogP contribution in [0.1, 0.15) is 49.4 Å². The minimum atomic E-state index is 0.184. The van der Waals surface area contributed by atoms with Crippen LogP contribution in [0.5, 0.6) is 11.5 Å². The van der Waals surface area contributed by atoms with Gasteiger partial charge in [-0.2, -0.15) is 17.7 Å². The average Bonchev–Trinajstić information content (AvgIpc) is 3.62. The Bertz CT molecular complexity index is 1780. The highest BCUT2D eigenvalue weighted by molar-refractivity contribution is 7.80. The molecule has 3 aromatic heterocycles. The van der Waals surface area contributed by atoms with Gasteiger partial charge in [-0.15, -0.1) is 0 Å². The van der Waals surface area contributed by atoms with Crippen LogP contribution in [0.2, 0.25) is 0 Å². The Kier molecular flexibility index (Phi) is 6.45. The molecule has 3 atom stereocenters. The fourth-order valence-electron chi connectivity index (χ4n) is 6.77. The number of aromatic nitrogens is 6. The van der Waals surface area contributed by atoms with E-state index >= 15 is 0 Å². The summed E-state index contributed by atoms with van der Waals surface area (Å²) in [6.45, 7) is 4.07. The zero-order valence-electron chi connectivity index (χ0n) is 23.5. The van der Waals surface area contributed by atoms with E-state index in [1.54, 1.807) is 12.7 Å². The second kappa shape index (κ2) is 10.2. The number of rotatable bonds is 6. The monoisotopic (exact) mass is 567 g/mol. The zero-order valence-corrected chi connectivity index (χ0v) is 24.4. The second-order valence-electron chi connectivity index (χ2n) is 11.3. The number of piperidine rings is 1. The van der Waals surface area contributed by atoms with Crippen molar-refractivity contribution in [1.82, 2.24) is 34.2 Å². The fraction of sp³-hybridized carbons (Fsp3) is 0.387. The standard InChI is InChI=1S/C31H33N7O2S/c1-18-12-20(4-9-27(18)40-24-7-8-26-25(15-24)34-17-36(26)3)30-29-19(2)32-16-33-31(29)38(35-30)23-13-21-5-6-22(14-23)37(21)28(39)10-11-41/h4,7-9,12,15-17,21-23,41H,5-6,10-11,13-14H2,1-3H3/t21-,22+,23?. The van der Waals surface area contributed by atoms with Crippen LogP contribution in [0, 0.1) is 13.8 Å². The van der Waals surface area contributed by atoms with E-state index in [1.165, 1.54) is 0 Å². The van der Waals surface area contributed by atoms with E-state index in [1.807, 2.05) is 42.8 Å². The highest BCUT2D eigenvalue weighted by atomic mass is 32.1.